The minimum atomic E-state index is 0.549. The van der Waals surface area contributed by atoms with Crippen molar-refractivity contribution >= 4 is 11.0 Å². The van der Waals surface area contributed by atoms with Crippen molar-refractivity contribution in [3.05, 3.63) is 60.2 Å². The molecule has 0 radical (unpaired) electrons. The van der Waals surface area contributed by atoms with Gasteiger partial charge in [-0.15, -0.1) is 15.0 Å². The summed E-state index contributed by atoms with van der Waals surface area (Å²) in [4.78, 5) is 1.72. The van der Waals surface area contributed by atoms with Gasteiger partial charge in [0.05, 0.1) is 0 Å². The molecule has 26 heavy (non-hydrogen) atoms. The molecule has 2 aromatic carbocycles. The highest BCUT2D eigenvalue weighted by molar-refractivity contribution is 5.73. The summed E-state index contributed by atoms with van der Waals surface area (Å²) in [6.07, 6.45) is 10.6. The smallest absolute Gasteiger partial charge is 0.147 e. The molecule has 1 fully saturated rings. The summed E-state index contributed by atoms with van der Waals surface area (Å²) in [6.45, 7) is 2.55. The Morgan fingerprint density at radius 2 is 1.77 bits per heavy atom. The number of allylic oxidation sites excluding steroid dienone is 1. The van der Waals surface area contributed by atoms with Crippen LogP contribution in [-0.2, 0) is 0 Å². The Morgan fingerprint density at radius 3 is 2.46 bits per heavy atom. The highest BCUT2D eigenvalue weighted by atomic mass is 16.5. The van der Waals surface area contributed by atoms with Gasteiger partial charge in [0.25, 0.3) is 0 Å². The van der Waals surface area contributed by atoms with E-state index in [0.29, 0.717) is 12.5 Å². The number of hydrogen-bond donors (Lipinski definition) is 0. The van der Waals surface area contributed by atoms with Gasteiger partial charge in [-0.3, -0.25) is 0 Å². The fourth-order valence-corrected chi connectivity index (χ4v) is 3.70. The van der Waals surface area contributed by atoms with Crippen LogP contribution in [-0.4, -0.2) is 21.6 Å². The molecule has 4 rings (SSSR count). The van der Waals surface area contributed by atoms with Crippen molar-refractivity contribution in [2.75, 3.05) is 6.61 Å². The SMILES string of the molecule is CC=CCOc1ccc(C2CCCCC2)cc1-n1nc2ccccc2n1. The number of rotatable bonds is 5. The Hall–Kier alpha value is -2.62. The second-order valence-electron chi connectivity index (χ2n) is 6.92. The predicted molar refractivity (Wildman–Crippen MR) is 105 cm³/mol. The number of hydrogen-bond acceptors (Lipinski definition) is 3. The molecule has 0 N–H and O–H groups in total. The number of nitrogens with zero attached hydrogens (tertiary/aromatic N) is 3. The highest BCUT2D eigenvalue weighted by Gasteiger charge is 2.18. The summed E-state index contributed by atoms with van der Waals surface area (Å²) >= 11 is 0. The van der Waals surface area contributed by atoms with Crippen LogP contribution in [0.4, 0.5) is 0 Å². The average molecular weight is 347 g/mol. The van der Waals surface area contributed by atoms with E-state index in [1.54, 1.807) is 4.80 Å². The molecule has 0 atom stereocenters. The van der Waals surface area contributed by atoms with Crippen molar-refractivity contribution in [2.45, 2.75) is 44.9 Å². The van der Waals surface area contributed by atoms with Crippen LogP contribution in [0.2, 0.25) is 0 Å². The maximum atomic E-state index is 5.98. The maximum Gasteiger partial charge on any atom is 0.147 e. The van der Waals surface area contributed by atoms with Gasteiger partial charge < -0.3 is 4.74 Å². The van der Waals surface area contributed by atoms with E-state index in [2.05, 4.69) is 28.4 Å². The zero-order valence-electron chi connectivity index (χ0n) is 15.3. The van der Waals surface area contributed by atoms with E-state index in [1.807, 2.05) is 43.3 Å². The van der Waals surface area contributed by atoms with Gasteiger partial charge in [-0.05, 0) is 55.5 Å². The first-order chi connectivity index (χ1) is 12.8. The molecule has 0 amide bonds. The van der Waals surface area contributed by atoms with Crippen LogP contribution in [0.5, 0.6) is 5.75 Å². The minimum Gasteiger partial charge on any atom is -0.487 e. The van der Waals surface area contributed by atoms with Crippen LogP contribution < -0.4 is 4.74 Å². The van der Waals surface area contributed by atoms with Gasteiger partial charge in [-0.2, -0.15) is 0 Å². The lowest BCUT2D eigenvalue weighted by Crippen LogP contribution is -2.08. The van der Waals surface area contributed by atoms with E-state index in [1.165, 1.54) is 37.7 Å². The molecule has 1 saturated carbocycles. The monoisotopic (exact) mass is 347 g/mol. The second-order valence-corrected chi connectivity index (χ2v) is 6.92. The van der Waals surface area contributed by atoms with Crippen molar-refractivity contribution < 1.29 is 4.74 Å². The predicted octanol–water partition coefficient (Wildman–Crippen LogP) is 5.42. The molecular weight excluding hydrogens is 322 g/mol. The van der Waals surface area contributed by atoms with Crippen LogP contribution >= 0.6 is 0 Å². The quantitative estimate of drug-likeness (QED) is 0.578. The van der Waals surface area contributed by atoms with Crippen molar-refractivity contribution in [1.82, 2.24) is 15.0 Å². The molecule has 3 aromatic rings. The highest BCUT2D eigenvalue weighted by Crippen LogP contribution is 2.35. The number of fused-ring (bicyclic) bond motifs is 1. The lowest BCUT2D eigenvalue weighted by molar-refractivity contribution is 0.359. The fraction of sp³-hybridized carbons (Fsp3) is 0.364. The fourth-order valence-electron chi connectivity index (χ4n) is 3.70. The molecule has 0 unspecified atom stereocenters. The van der Waals surface area contributed by atoms with E-state index < -0.39 is 0 Å². The van der Waals surface area contributed by atoms with Gasteiger partial charge in [-0.1, -0.05) is 49.6 Å². The largest absolute Gasteiger partial charge is 0.487 e. The third kappa shape index (κ3) is 3.50. The Kier molecular flexibility index (Phi) is 5.00. The van der Waals surface area contributed by atoms with Gasteiger partial charge in [0, 0.05) is 0 Å². The van der Waals surface area contributed by atoms with E-state index >= 15 is 0 Å². The second kappa shape index (κ2) is 7.73. The van der Waals surface area contributed by atoms with Gasteiger partial charge in [0.15, 0.2) is 0 Å². The molecule has 4 nitrogen and oxygen atoms in total. The maximum absolute atomic E-state index is 5.98. The summed E-state index contributed by atoms with van der Waals surface area (Å²) < 4.78 is 5.98. The Bertz CT molecular complexity index is 874. The molecule has 134 valence electrons. The van der Waals surface area contributed by atoms with E-state index in [4.69, 9.17) is 4.74 Å². The minimum absolute atomic E-state index is 0.549. The van der Waals surface area contributed by atoms with Crippen LogP contribution in [0.15, 0.2) is 54.6 Å². The molecule has 4 heteroatoms. The Balaban J connectivity index is 1.74. The average Bonchev–Trinajstić information content (AvgIpc) is 3.13. The van der Waals surface area contributed by atoms with E-state index in [-0.39, 0.29) is 0 Å². The number of aromatic nitrogens is 3. The summed E-state index contributed by atoms with van der Waals surface area (Å²) in [7, 11) is 0. The van der Waals surface area contributed by atoms with E-state index in [0.717, 1.165) is 22.5 Å². The first-order valence-electron chi connectivity index (χ1n) is 9.55. The molecule has 1 aliphatic carbocycles. The van der Waals surface area contributed by atoms with Crippen LogP contribution in [0.1, 0.15) is 50.5 Å². The standard InChI is InChI=1S/C22H25N3O/c1-2-3-15-26-22-14-13-18(17-9-5-4-6-10-17)16-21(22)25-23-19-11-7-8-12-20(19)24-25/h2-3,7-8,11-14,16-17H,4-6,9-10,15H2,1H3. The normalized spacial score (nSPS) is 15.7. The molecule has 0 spiro atoms. The number of ether oxygens (including phenoxy) is 1. The molecule has 0 bridgehead atoms. The van der Waals surface area contributed by atoms with Crippen molar-refractivity contribution in [3.8, 4) is 11.4 Å². The zero-order chi connectivity index (χ0) is 17.8. The molecule has 0 aliphatic heterocycles. The van der Waals surface area contributed by atoms with Gasteiger partial charge in [0.2, 0.25) is 0 Å². The van der Waals surface area contributed by atoms with Crippen LogP contribution in [0.3, 0.4) is 0 Å². The van der Waals surface area contributed by atoms with Gasteiger partial charge >= 0.3 is 0 Å². The topological polar surface area (TPSA) is 39.9 Å². The van der Waals surface area contributed by atoms with Crippen molar-refractivity contribution in [3.63, 3.8) is 0 Å². The third-order valence-electron chi connectivity index (χ3n) is 5.13. The first-order valence-corrected chi connectivity index (χ1v) is 9.55. The van der Waals surface area contributed by atoms with Crippen LogP contribution in [0.25, 0.3) is 16.7 Å². The third-order valence-corrected chi connectivity index (χ3v) is 5.13. The zero-order valence-corrected chi connectivity index (χ0v) is 15.3. The molecule has 0 saturated heterocycles. The van der Waals surface area contributed by atoms with Crippen molar-refractivity contribution in [2.24, 2.45) is 0 Å². The molecule has 1 aliphatic rings. The van der Waals surface area contributed by atoms with Gasteiger partial charge in [-0.25, -0.2) is 0 Å². The Labute approximate surface area is 154 Å². The van der Waals surface area contributed by atoms with E-state index in [9.17, 15) is 0 Å². The molecular formula is C22H25N3O. The van der Waals surface area contributed by atoms with Crippen molar-refractivity contribution in [1.29, 1.82) is 0 Å². The summed E-state index contributed by atoms with van der Waals surface area (Å²) in [5, 5.41) is 9.33. The summed E-state index contributed by atoms with van der Waals surface area (Å²) in [5.74, 6) is 1.46. The molecule has 1 aromatic heterocycles. The van der Waals surface area contributed by atoms with Crippen LogP contribution in [0, 0.1) is 0 Å². The van der Waals surface area contributed by atoms with Gasteiger partial charge in [0.1, 0.15) is 29.1 Å². The number of benzene rings is 2. The summed E-state index contributed by atoms with van der Waals surface area (Å²) in [6, 6.07) is 14.5. The molecule has 1 heterocycles. The lowest BCUT2D eigenvalue weighted by atomic mass is 9.84. The first kappa shape index (κ1) is 16.8. The summed E-state index contributed by atoms with van der Waals surface area (Å²) in [5.41, 5.74) is 4.10. The lowest BCUT2D eigenvalue weighted by Gasteiger charge is -2.23. The Morgan fingerprint density at radius 1 is 1.04 bits per heavy atom.